The zero-order valence-corrected chi connectivity index (χ0v) is 23.8. The first-order valence-electron chi connectivity index (χ1n) is 13.4. The van der Waals surface area contributed by atoms with Crippen molar-refractivity contribution in [2.45, 2.75) is 32.4 Å². The van der Waals surface area contributed by atoms with Crippen molar-refractivity contribution in [1.29, 1.82) is 0 Å². The highest BCUT2D eigenvalue weighted by atomic mass is 32.1. The molecular weight excluding hydrogens is 554 g/mol. The second-order valence-corrected chi connectivity index (χ2v) is 10.6. The van der Waals surface area contributed by atoms with E-state index in [4.69, 9.17) is 4.74 Å². The molecule has 4 N–H and O–H groups in total. The highest BCUT2D eigenvalue weighted by Crippen LogP contribution is 2.25. The first-order chi connectivity index (χ1) is 20.3. The SMILES string of the molecule is C/C(=C\c1ccccc1NC(=O)[C@H](CCCNC(=O)OCc1ccccc1)NC(=O)c1cc2ccccc2s1)C(=O)O. The lowest BCUT2D eigenvalue weighted by atomic mass is 10.1. The van der Waals surface area contributed by atoms with E-state index in [1.165, 1.54) is 24.3 Å². The van der Waals surface area contributed by atoms with Crippen LogP contribution in [0.1, 0.15) is 40.6 Å². The van der Waals surface area contributed by atoms with Crippen LogP contribution in [0.15, 0.2) is 90.5 Å². The molecule has 0 saturated heterocycles. The highest BCUT2D eigenvalue weighted by molar-refractivity contribution is 7.20. The number of rotatable bonds is 12. The number of thiophene rings is 1. The van der Waals surface area contributed by atoms with Gasteiger partial charge in [0.2, 0.25) is 5.91 Å². The average Bonchev–Trinajstić information content (AvgIpc) is 3.43. The van der Waals surface area contributed by atoms with Crippen LogP contribution in [0.4, 0.5) is 10.5 Å². The Bertz CT molecular complexity index is 1570. The number of carboxylic acid groups (broad SMARTS) is 1. The third-order valence-corrected chi connectivity index (χ3v) is 7.47. The van der Waals surface area contributed by atoms with Crippen molar-refractivity contribution in [2.24, 2.45) is 0 Å². The van der Waals surface area contributed by atoms with Crippen molar-refractivity contribution < 1.29 is 29.0 Å². The van der Waals surface area contributed by atoms with Crippen molar-refractivity contribution in [3.05, 3.63) is 107 Å². The minimum atomic E-state index is -1.07. The average molecular weight is 586 g/mol. The zero-order valence-electron chi connectivity index (χ0n) is 23.0. The maximum atomic E-state index is 13.4. The summed E-state index contributed by atoms with van der Waals surface area (Å²) in [7, 11) is 0. The Morgan fingerprint density at radius 3 is 2.43 bits per heavy atom. The van der Waals surface area contributed by atoms with Crippen LogP contribution in [0.25, 0.3) is 16.2 Å². The molecule has 0 unspecified atom stereocenters. The predicted octanol–water partition coefficient (Wildman–Crippen LogP) is 5.83. The van der Waals surface area contributed by atoms with Gasteiger partial charge in [-0.3, -0.25) is 9.59 Å². The smallest absolute Gasteiger partial charge is 0.407 e. The first kappa shape index (κ1) is 30.0. The number of hydrogen-bond donors (Lipinski definition) is 4. The molecule has 216 valence electrons. The van der Waals surface area contributed by atoms with Gasteiger partial charge in [-0.15, -0.1) is 11.3 Å². The van der Waals surface area contributed by atoms with Crippen molar-refractivity contribution in [3.63, 3.8) is 0 Å². The summed E-state index contributed by atoms with van der Waals surface area (Å²) in [5.74, 6) is -1.93. The van der Waals surface area contributed by atoms with E-state index in [0.29, 0.717) is 22.5 Å². The number of carboxylic acids is 1. The Balaban J connectivity index is 1.42. The van der Waals surface area contributed by atoms with Gasteiger partial charge in [-0.2, -0.15) is 0 Å². The molecule has 9 nitrogen and oxygen atoms in total. The van der Waals surface area contributed by atoms with E-state index >= 15 is 0 Å². The number of hydrogen-bond acceptors (Lipinski definition) is 6. The molecule has 0 aliphatic carbocycles. The van der Waals surface area contributed by atoms with Crippen LogP contribution >= 0.6 is 11.3 Å². The summed E-state index contributed by atoms with van der Waals surface area (Å²) < 4.78 is 6.18. The van der Waals surface area contributed by atoms with Crippen molar-refractivity contribution in [1.82, 2.24) is 10.6 Å². The molecule has 1 aromatic heterocycles. The van der Waals surface area contributed by atoms with E-state index in [1.54, 1.807) is 30.3 Å². The molecule has 0 bridgehead atoms. The minimum absolute atomic E-state index is 0.108. The van der Waals surface area contributed by atoms with E-state index in [1.807, 2.05) is 54.6 Å². The molecule has 0 saturated carbocycles. The minimum Gasteiger partial charge on any atom is -0.478 e. The monoisotopic (exact) mass is 585 g/mol. The molecule has 1 heterocycles. The van der Waals surface area contributed by atoms with Crippen molar-refractivity contribution in [3.8, 4) is 0 Å². The van der Waals surface area contributed by atoms with Crippen LogP contribution in [-0.2, 0) is 20.9 Å². The number of fused-ring (bicyclic) bond motifs is 1. The van der Waals surface area contributed by atoms with Gasteiger partial charge in [0.05, 0.1) is 4.88 Å². The van der Waals surface area contributed by atoms with E-state index in [0.717, 1.165) is 15.6 Å². The third kappa shape index (κ3) is 8.52. The van der Waals surface area contributed by atoms with Crippen molar-refractivity contribution in [2.75, 3.05) is 11.9 Å². The summed E-state index contributed by atoms with van der Waals surface area (Å²) in [6.07, 6.45) is 1.50. The number of ether oxygens (including phenoxy) is 1. The van der Waals surface area contributed by atoms with E-state index in [2.05, 4.69) is 16.0 Å². The lowest BCUT2D eigenvalue weighted by Gasteiger charge is -2.19. The molecule has 42 heavy (non-hydrogen) atoms. The third-order valence-electron chi connectivity index (χ3n) is 6.35. The van der Waals surface area contributed by atoms with Gasteiger partial charge in [-0.25, -0.2) is 9.59 Å². The molecule has 4 aromatic rings. The van der Waals surface area contributed by atoms with E-state index in [9.17, 15) is 24.3 Å². The zero-order chi connectivity index (χ0) is 29.9. The van der Waals surface area contributed by atoms with Crippen molar-refractivity contribution >= 4 is 57.1 Å². The van der Waals surface area contributed by atoms with Gasteiger partial charge in [0.25, 0.3) is 5.91 Å². The molecule has 0 radical (unpaired) electrons. The summed E-state index contributed by atoms with van der Waals surface area (Å²) >= 11 is 1.33. The Hall–Kier alpha value is -4.96. The van der Waals surface area contributed by atoms with Crippen LogP contribution in [0, 0.1) is 0 Å². The Labute approximate surface area is 247 Å². The van der Waals surface area contributed by atoms with Gasteiger partial charge >= 0.3 is 12.1 Å². The van der Waals surface area contributed by atoms with E-state index in [-0.39, 0.29) is 31.1 Å². The normalized spacial score (nSPS) is 11.9. The van der Waals surface area contributed by atoms with Gasteiger partial charge in [0, 0.05) is 22.5 Å². The van der Waals surface area contributed by atoms with Crippen LogP contribution in [0.5, 0.6) is 0 Å². The number of carbonyl (C=O) groups excluding carboxylic acids is 3. The number of anilines is 1. The standard InChI is InChI=1S/C32H31N3O6S/c1-21(31(38)39)18-23-12-5-7-14-25(23)34-29(36)26(35-30(37)28-19-24-13-6-8-16-27(24)42-28)15-9-17-33-32(40)41-20-22-10-3-2-4-11-22/h2-8,10-14,16,18-19,26H,9,15,17,20H2,1H3,(H,33,40)(H,34,36)(H,35,37)(H,38,39)/b21-18+/t26-/m0/s1. The number of aliphatic carboxylic acids is 1. The molecule has 0 aliphatic heterocycles. The number of para-hydroxylation sites is 1. The maximum Gasteiger partial charge on any atom is 0.407 e. The number of carbonyl (C=O) groups is 4. The van der Waals surface area contributed by atoms with Crippen LogP contribution in [-0.4, -0.2) is 41.6 Å². The second-order valence-electron chi connectivity index (χ2n) is 9.51. The van der Waals surface area contributed by atoms with Gasteiger partial charge in [-0.05, 0) is 60.6 Å². The molecule has 4 rings (SSSR count). The quantitative estimate of drug-likeness (QED) is 0.122. The lowest BCUT2D eigenvalue weighted by molar-refractivity contribution is -0.132. The Kier molecular flexibility index (Phi) is 10.4. The van der Waals surface area contributed by atoms with Crippen LogP contribution in [0.3, 0.4) is 0 Å². The predicted molar refractivity (Wildman–Crippen MR) is 163 cm³/mol. The summed E-state index contributed by atoms with van der Waals surface area (Å²) in [6, 6.07) is 24.6. The lowest BCUT2D eigenvalue weighted by Crippen LogP contribution is -2.44. The highest BCUT2D eigenvalue weighted by Gasteiger charge is 2.23. The van der Waals surface area contributed by atoms with Gasteiger partial charge in [-0.1, -0.05) is 66.7 Å². The van der Waals surface area contributed by atoms with Gasteiger partial charge in [0.1, 0.15) is 12.6 Å². The number of nitrogens with one attached hydrogen (secondary N) is 3. The first-order valence-corrected chi connectivity index (χ1v) is 14.2. The number of alkyl carbamates (subject to hydrolysis) is 1. The number of benzene rings is 3. The second kappa shape index (κ2) is 14.6. The molecule has 0 spiro atoms. The summed E-state index contributed by atoms with van der Waals surface area (Å²) in [6.45, 7) is 1.83. The molecule has 3 aromatic carbocycles. The Morgan fingerprint density at radius 2 is 1.67 bits per heavy atom. The number of amides is 3. The van der Waals surface area contributed by atoms with Crippen LogP contribution in [0.2, 0.25) is 0 Å². The molecular formula is C32H31N3O6S. The molecule has 0 aliphatic rings. The van der Waals surface area contributed by atoms with E-state index < -0.39 is 24.0 Å². The topological polar surface area (TPSA) is 134 Å². The maximum absolute atomic E-state index is 13.4. The summed E-state index contributed by atoms with van der Waals surface area (Å²) in [5, 5.41) is 18.5. The fraction of sp³-hybridized carbons (Fsp3) is 0.188. The van der Waals surface area contributed by atoms with Gasteiger partial charge < -0.3 is 25.8 Å². The summed E-state index contributed by atoms with van der Waals surface area (Å²) in [5.41, 5.74) is 1.90. The van der Waals surface area contributed by atoms with Crippen LogP contribution < -0.4 is 16.0 Å². The molecule has 10 heteroatoms. The van der Waals surface area contributed by atoms with Gasteiger partial charge in [0.15, 0.2) is 0 Å². The molecule has 3 amide bonds. The molecule has 0 fully saturated rings. The molecule has 1 atom stereocenters. The summed E-state index contributed by atoms with van der Waals surface area (Å²) in [4.78, 5) is 50.6. The fourth-order valence-electron chi connectivity index (χ4n) is 4.11. The largest absolute Gasteiger partial charge is 0.478 e. The Morgan fingerprint density at radius 1 is 0.952 bits per heavy atom. The fourth-order valence-corrected chi connectivity index (χ4v) is 5.08.